The molecule has 0 saturated heterocycles. The van der Waals surface area contributed by atoms with Crippen LogP contribution in [0.2, 0.25) is 0 Å². The van der Waals surface area contributed by atoms with Crippen molar-refractivity contribution >= 4 is 23.6 Å². The van der Waals surface area contributed by atoms with E-state index in [9.17, 15) is 9.59 Å². The Balaban J connectivity index is 1.69. The second-order valence-corrected chi connectivity index (χ2v) is 9.54. The van der Waals surface area contributed by atoms with Crippen molar-refractivity contribution in [3.05, 3.63) is 59.7 Å². The Morgan fingerprint density at radius 1 is 1.06 bits per heavy atom. The van der Waals surface area contributed by atoms with Crippen LogP contribution in [0.4, 0.5) is 0 Å². The average molecular weight is 455 g/mol. The normalized spacial score (nSPS) is 15.1. The molecular formula is C26H34N2O3S. The molecule has 2 aromatic rings. The second kappa shape index (κ2) is 12.0. The standard InChI is InChI=1S/C26H34N2O3S/c1-19-9-15-24(16-10-19)32-18-25(29)28(17-21-11-13-23(31-3)14-12-21)20(2)26(30)27-22-7-5-4-6-8-22/h9-16,20,22H,4-8,17-18H2,1-3H3,(H,27,30)/t20-/m0/s1. The van der Waals surface area contributed by atoms with Gasteiger partial charge in [-0.3, -0.25) is 9.59 Å². The van der Waals surface area contributed by atoms with E-state index >= 15 is 0 Å². The van der Waals surface area contributed by atoms with Crippen LogP contribution >= 0.6 is 11.8 Å². The predicted molar refractivity (Wildman–Crippen MR) is 130 cm³/mol. The summed E-state index contributed by atoms with van der Waals surface area (Å²) in [6, 6.07) is 15.5. The van der Waals surface area contributed by atoms with Gasteiger partial charge in [0.2, 0.25) is 11.8 Å². The molecule has 6 heteroatoms. The molecule has 1 fully saturated rings. The number of ether oxygens (including phenoxy) is 1. The summed E-state index contributed by atoms with van der Waals surface area (Å²) in [4.78, 5) is 29.0. The van der Waals surface area contributed by atoms with Gasteiger partial charge in [-0.25, -0.2) is 0 Å². The lowest BCUT2D eigenvalue weighted by Crippen LogP contribution is -2.50. The minimum absolute atomic E-state index is 0.0438. The Morgan fingerprint density at radius 3 is 2.34 bits per heavy atom. The molecule has 1 N–H and O–H groups in total. The number of thioether (sulfide) groups is 1. The number of carbonyl (C=O) groups excluding carboxylic acids is 2. The monoisotopic (exact) mass is 454 g/mol. The van der Waals surface area contributed by atoms with Gasteiger partial charge in [0, 0.05) is 17.5 Å². The fourth-order valence-electron chi connectivity index (χ4n) is 3.94. The molecule has 1 aliphatic rings. The van der Waals surface area contributed by atoms with Crippen molar-refractivity contribution in [1.29, 1.82) is 0 Å². The maximum Gasteiger partial charge on any atom is 0.242 e. The zero-order valence-electron chi connectivity index (χ0n) is 19.3. The van der Waals surface area contributed by atoms with Gasteiger partial charge in [-0.2, -0.15) is 0 Å². The summed E-state index contributed by atoms with van der Waals surface area (Å²) >= 11 is 1.50. The first-order valence-corrected chi connectivity index (χ1v) is 12.4. The quantitative estimate of drug-likeness (QED) is 0.544. The molecule has 0 unspecified atom stereocenters. The van der Waals surface area contributed by atoms with Gasteiger partial charge in [0.1, 0.15) is 11.8 Å². The van der Waals surface area contributed by atoms with Gasteiger partial charge in [-0.05, 0) is 56.5 Å². The Kier molecular flexibility index (Phi) is 9.03. The van der Waals surface area contributed by atoms with Gasteiger partial charge in [-0.1, -0.05) is 49.1 Å². The molecular weight excluding hydrogens is 420 g/mol. The highest BCUT2D eigenvalue weighted by atomic mass is 32.2. The number of hydrogen-bond acceptors (Lipinski definition) is 4. The number of benzene rings is 2. The van der Waals surface area contributed by atoms with Gasteiger partial charge in [0.15, 0.2) is 0 Å². The van der Waals surface area contributed by atoms with E-state index in [1.807, 2.05) is 62.4 Å². The zero-order chi connectivity index (χ0) is 22.9. The summed E-state index contributed by atoms with van der Waals surface area (Å²) in [7, 11) is 1.63. The largest absolute Gasteiger partial charge is 0.497 e. The lowest BCUT2D eigenvalue weighted by molar-refractivity contribution is -0.139. The summed E-state index contributed by atoms with van der Waals surface area (Å²) in [5.74, 6) is 0.946. The third-order valence-corrected chi connectivity index (χ3v) is 7.01. The lowest BCUT2D eigenvalue weighted by atomic mass is 9.95. The van der Waals surface area contributed by atoms with Crippen LogP contribution in [0, 0.1) is 6.92 Å². The van der Waals surface area contributed by atoms with Crippen molar-refractivity contribution in [3.63, 3.8) is 0 Å². The molecule has 172 valence electrons. The third-order valence-electron chi connectivity index (χ3n) is 6.01. The summed E-state index contributed by atoms with van der Waals surface area (Å²) in [5.41, 5.74) is 2.16. The SMILES string of the molecule is COc1ccc(CN(C(=O)CSc2ccc(C)cc2)[C@@H](C)C(=O)NC2CCCCC2)cc1. The number of rotatable bonds is 9. The molecule has 0 aliphatic heterocycles. The predicted octanol–water partition coefficient (Wildman–Crippen LogP) is 4.96. The van der Waals surface area contributed by atoms with E-state index in [2.05, 4.69) is 5.32 Å². The Bertz CT molecular complexity index is 877. The minimum atomic E-state index is -0.537. The van der Waals surface area contributed by atoms with Crippen LogP contribution < -0.4 is 10.1 Å². The van der Waals surface area contributed by atoms with Crippen LogP contribution in [-0.2, 0) is 16.1 Å². The first kappa shape index (κ1) is 24.2. The fourth-order valence-corrected chi connectivity index (χ4v) is 4.73. The highest BCUT2D eigenvalue weighted by Crippen LogP contribution is 2.22. The lowest BCUT2D eigenvalue weighted by Gasteiger charge is -2.31. The molecule has 3 rings (SSSR count). The average Bonchev–Trinajstić information content (AvgIpc) is 2.82. The number of hydrogen-bond donors (Lipinski definition) is 1. The fraction of sp³-hybridized carbons (Fsp3) is 0.462. The summed E-state index contributed by atoms with van der Waals surface area (Å²) in [6.07, 6.45) is 5.59. The van der Waals surface area contributed by atoms with Crippen molar-refractivity contribution < 1.29 is 14.3 Å². The number of methoxy groups -OCH3 is 1. The van der Waals surface area contributed by atoms with E-state index in [-0.39, 0.29) is 17.9 Å². The number of nitrogens with one attached hydrogen (secondary N) is 1. The van der Waals surface area contributed by atoms with E-state index in [0.717, 1.165) is 41.9 Å². The number of carbonyl (C=O) groups is 2. The van der Waals surface area contributed by atoms with E-state index < -0.39 is 6.04 Å². The van der Waals surface area contributed by atoms with Crippen LogP contribution in [0.5, 0.6) is 5.75 Å². The van der Waals surface area contributed by atoms with Crippen molar-refractivity contribution in [2.24, 2.45) is 0 Å². The second-order valence-electron chi connectivity index (χ2n) is 8.49. The Labute approximate surface area is 195 Å². The van der Waals surface area contributed by atoms with E-state index in [4.69, 9.17) is 4.74 Å². The first-order valence-electron chi connectivity index (χ1n) is 11.4. The Hall–Kier alpha value is -2.47. The van der Waals surface area contributed by atoms with Crippen LogP contribution in [0.25, 0.3) is 0 Å². The maximum atomic E-state index is 13.2. The van der Waals surface area contributed by atoms with Crippen molar-refractivity contribution in [2.45, 2.75) is 69.5 Å². The topological polar surface area (TPSA) is 58.6 Å². The molecule has 0 heterocycles. The number of amides is 2. The highest BCUT2D eigenvalue weighted by molar-refractivity contribution is 8.00. The highest BCUT2D eigenvalue weighted by Gasteiger charge is 2.28. The molecule has 2 aromatic carbocycles. The number of aryl methyl sites for hydroxylation is 1. The summed E-state index contributed by atoms with van der Waals surface area (Å²) in [6.45, 7) is 4.26. The van der Waals surface area contributed by atoms with Gasteiger partial charge >= 0.3 is 0 Å². The van der Waals surface area contributed by atoms with Crippen LogP contribution in [-0.4, -0.2) is 41.7 Å². The molecule has 2 amide bonds. The van der Waals surface area contributed by atoms with Crippen molar-refractivity contribution in [3.8, 4) is 5.75 Å². The maximum absolute atomic E-state index is 13.2. The summed E-state index contributed by atoms with van der Waals surface area (Å²) in [5, 5.41) is 3.18. The van der Waals surface area contributed by atoms with Crippen LogP contribution in [0.3, 0.4) is 0 Å². The molecule has 1 saturated carbocycles. The smallest absolute Gasteiger partial charge is 0.242 e. The van der Waals surface area contributed by atoms with E-state index in [0.29, 0.717) is 12.3 Å². The van der Waals surface area contributed by atoms with E-state index in [1.165, 1.54) is 23.7 Å². The minimum Gasteiger partial charge on any atom is -0.497 e. The summed E-state index contributed by atoms with van der Waals surface area (Å²) < 4.78 is 5.24. The third kappa shape index (κ3) is 7.02. The molecule has 32 heavy (non-hydrogen) atoms. The Morgan fingerprint density at radius 2 is 1.72 bits per heavy atom. The number of nitrogens with zero attached hydrogens (tertiary/aromatic N) is 1. The first-order chi connectivity index (χ1) is 15.5. The van der Waals surface area contributed by atoms with Crippen molar-refractivity contribution in [2.75, 3.05) is 12.9 Å². The zero-order valence-corrected chi connectivity index (χ0v) is 20.1. The van der Waals surface area contributed by atoms with Crippen molar-refractivity contribution in [1.82, 2.24) is 10.2 Å². The van der Waals surface area contributed by atoms with Gasteiger partial charge in [-0.15, -0.1) is 11.8 Å². The molecule has 0 radical (unpaired) electrons. The van der Waals surface area contributed by atoms with Gasteiger partial charge < -0.3 is 15.0 Å². The molecule has 5 nitrogen and oxygen atoms in total. The van der Waals surface area contributed by atoms with Crippen LogP contribution in [0.1, 0.15) is 50.2 Å². The molecule has 0 aromatic heterocycles. The van der Waals surface area contributed by atoms with Gasteiger partial charge in [0.05, 0.1) is 12.9 Å². The van der Waals surface area contributed by atoms with Crippen LogP contribution in [0.15, 0.2) is 53.4 Å². The molecule has 1 aliphatic carbocycles. The molecule has 0 spiro atoms. The molecule has 1 atom stereocenters. The van der Waals surface area contributed by atoms with E-state index in [1.54, 1.807) is 12.0 Å². The van der Waals surface area contributed by atoms with Gasteiger partial charge in [0.25, 0.3) is 0 Å². The molecule has 0 bridgehead atoms.